The van der Waals surface area contributed by atoms with E-state index in [1.54, 1.807) is 30.3 Å². The van der Waals surface area contributed by atoms with Gasteiger partial charge in [0.15, 0.2) is 5.11 Å². The Morgan fingerprint density at radius 3 is 2.65 bits per heavy atom. The van der Waals surface area contributed by atoms with Gasteiger partial charge in [-0.25, -0.2) is 0 Å². The Balaban J connectivity index is 2.58. The maximum Gasteiger partial charge on any atom is 0.260 e. The minimum atomic E-state index is -0.816. The lowest BCUT2D eigenvalue weighted by Crippen LogP contribution is -2.25. The minimum absolute atomic E-state index is 0.208. The lowest BCUT2D eigenvalue weighted by atomic mass is 10.3. The van der Waals surface area contributed by atoms with Crippen LogP contribution in [0.15, 0.2) is 36.0 Å². The molecule has 0 aliphatic rings. The topological polar surface area (TPSA) is 100 Å². The van der Waals surface area contributed by atoms with Gasteiger partial charge in [-0.15, -0.1) is 0 Å². The molecule has 4 N–H and O–H groups in total. The lowest BCUT2D eigenvalue weighted by Gasteiger charge is -2.08. The highest BCUT2D eigenvalue weighted by Gasteiger charge is 2.03. The number of hydrogen-bond donors (Lipinski definition) is 3. The van der Waals surface area contributed by atoms with E-state index in [2.05, 4.69) is 10.6 Å². The summed E-state index contributed by atoms with van der Waals surface area (Å²) in [5.74, 6) is -0.0545. The van der Waals surface area contributed by atoms with Crippen molar-refractivity contribution < 1.29 is 9.53 Å². The van der Waals surface area contributed by atoms with E-state index in [1.807, 2.05) is 6.92 Å². The first-order valence-electron chi connectivity index (χ1n) is 5.77. The predicted molar refractivity (Wildman–Crippen MR) is 79.9 cm³/mol. The fourth-order valence-electron chi connectivity index (χ4n) is 1.26. The second-order valence-electron chi connectivity index (χ2n) is 3.59. The number of nitrogens with two attached hydrogens (primary N) is 1. The molecule has 1 aromatic rings. The van der Waals surface area contributed by atoms with E-state index < -0.39 is 5.91 Å². The summed E-state index contributed by atoms with van der Waals surface area (Å²) in [6.07, 6.45) is 1.16. The van der Waals surface area contributed by atoms with E-state index in [0.717, 1.165) is 17.6 Å². The maximum absolute atomic E-state index is 10.8. The van der Waals surface area contributed by atoms with Crippen molar-refractivity contribution in [1.82, 2.24) is 5.32 Å². The van der Waals surface area contributed by atoms with Gasteiger partial charge < -0.3 is 21.1 Å². The summed E-state index contributed by atoms with van der Waals surface area (Å²) in [6, 6.07) is 8.85. The van der Waals surface area contributed by atoms with Gasteiger partial charge in [-0.05, 0) is 43.4 Å². The highest BCUT2D eigenvalue weighted by molar-refractivity contribution is 7.80. The van der Waals surface area contributed by atoms with Gasteiger partial charge in [0.2, 0.25) is 0 Å². The Morgan fingerprint density at radius 2 is 2.15 bits per heavy atom. The molecule has 1 rings (SSSR count). The highest BCUT2D eigenvalue weighted by atomic mass is 32.1. The fraction of sp³-hybridized carbons (Fsp3) is 0.154. The molecule has 0 saturated heterocycles. The molecule has 7 heteroatoms. The number of rotatable bonds is 5. The number of hydrogen-bond acceptors (Lipinski definition) is 4. The molecular weight excluding hydrogens is 276 g/mol. The first-order chi connectivity index (χ1) is 9.56. The van der Waals surface area contributed by atoms with Gasteiger partial charge in [0.05, 0.1) is 6.61 Å². The number of carbonyl (C=O) groups is 1. The van der Waals surface area contributed by atoms with Crippen LogP contribution in [0.25, 0.3) is 0 Å². The molecule has 0 atom stereocenters. The molecule has 0 saturated carbocycles. The van der Waals surface area contributed by atoms with Crippen LogP contribution in [0.5, 0.6) is 5.75 Å². The largest absolute Gasteiger partial charge is 0.494 e. The van der Waals surface area contributed by atoms with Crippen molar-refractivity contribution in [2.45, 2.75) is 6.92 Å². The summed E-state index contributed by atoms with van der Waals surface area (Å²) < 4.78 is 5.31. The molecule has 20 heavy (non-hydrogen) atoms. The van der Waals surface area contributed by atoms with E-state index in [9.17, 15) is 4.79 Å². The molecule has 0 radical (unpaired) electrons. The third-order valence-electron chi connectivity index (χ3n) is 2.16. The molecule has 104 valence electrons. The number of nitrogens with one attached hydrogen (secondary N) is 2. The molecule has 0 unspecified atom stereocenters. The second kappa shape index (κ2) is 7.76. The maximum atomic E-state index is 10.8. The van der Waals surface area contributed by atoms with Crippen LogP contribution in [0.2, 0.25) is 0 Å². The van der Waals surface area contributed by atoms with Gasteiger partial charge >= 0.3 is 0 Å². The third kappa shape index (κ3) is 4.96. The number of nitriles is 1. The van der Waals surface area contributed by atoms with Crippen LogP contribution in [0.3, 0.4) is 0 Å². The van der Waals surface area contributed by atoms with Crippen molar-refractivity contribution in [3.63, 3.8) is 0 Å². The zero-order valence-electron chi connectivity index (χ0n) is 10.8. The summed E-state index contributed by atoms with van der Waals surface area (Å²) in [7, 11) is 0. The Kier molecular flexibility index (Phi) is 6.00. The molecule has 0 fully saturated rings. The Morgan fingerprint density at radius 1 is 1.50 bits per heavy atom. The average Bonchev–Trinajstić information content (AvgIpc) is 2.41. The van der Waals surface area contributed by atoms with Gasteiger partial charge in [0.25, 0.3) is 5.91 Å². The molecule has 6 nitrogen and oxygen atoms in total. The zero-order valence-corrected chi connectivity index (χ0v) is 11.7. The number of thiocarbonyl (C=S) groups is 1. The standard InChI is InChI=1S/C13H14N4O2S/c1-2-19-11-5-3-10(4-6-11)17-13(20)16-8-9(7-14)12(15)18/h3-6,8H,2H2,1H3,(H2,15,18)(H2,16,17,20)/b9-8+. The normalized spacial score (nSPS) is 10.3. The van der Waals surface area contributed by atoms with Crippen molar-refractivity contribution in [1.29, 1.82) is 5.26 Å². The van der Waals surface area contributed by atoms with Gasteiger partial charge in [0, 0.05) is 11.9 Å². The molecule has 0 aliphatic carbocycles. The van der Waals surface area contributed by atoms with Gasteiger partial charge in [-0.2, -0.15) is 5.26 Å². The Labute approximate surface area is 122 Å². The Bertz CT molecular complexity index is 561. The average molecular weight is 290 g/mol. The first-order valence-corrected chi connectivity index (χ1v) is 6.18. The van der Waals surface area contributed by atoms with Gasteiger partial charge in [-0.3, -0.25) is 4.79 Å². The van der Waals surface area contributed by atoms with Crippen molar-refractivity contribution in [3.05, 3.63) is 36.0 Å². The first kappa shape index (κ1) is 15.5. The number of anilines is 1. The van der Waals surface area contributed by atoms with Crippen LogP contribution in [0.1, 0.15) is 6.92 Å². The monoisotopic (exact) mass is 290 g/mol. The smallest absolute Gasteiger partial charge is 0.260 e. The molecule has 0 aromatic heterocycles. The van der Waals surface area contributed by atoms with Crippen molar-refractivity contribution in [2.75, 3.05) is 11.9 Å². The zero-order chi connectivity index (χ0) is 15.0. The number of primary amides is 1. The number of nitrogens with zero attached hydrogens (tertiary/aromatic N) is 1. The van der Waals surface area contributed by atoms with Crippen LogP contribution in [-0.2, 0) is 4.79 Å². The molecule has 0 bridgehead atoms. The van der Waals surface area contributed by atoms with E-state index in [4.69, 9.17) is 28.0 Å². The Hall–Kier alpha value is -2.59. The summed E-state index contributed by atoms with van der Waals surface area (Å²) in [5, 5.41) is 14.4. The summed E-state index contributed by atoms with van der Waals surface area (Å²) in [4.78, 5) is 10.8. The van der Waals surface area contributed by atoms with Crippen molar-refractivity contribution in [2.24, 2.45) is 5.73 Å². The fourth-order valence-corrected chi connectivity index (χ4v) is 1.44. The predicted octanol–water partition coefficient (Wildman–Crippen LogP) is 1.26. The number of benzene rings is 1. The van der Waals surface area contributed by atoms with Crippen molar-refractivity contribution >= 4 is 28.9 Å². The molecule has 0 aliphatic heterocycles. The van der Waals surface area contributed by atoms with Crippen LogP contribution < -0.4 is 21.1 Å². The van der Waals surface area contributed by atoms with E-state index >= 15 is 0 Å². The highest BCUT2D eigenvalue weighted by Crippen LogP contribution is 2.15. The SMILES string of the molecule is CCOc1ccc(NC(=S)N/C=C(\C#N)C(N)=O)cc1. The van der Waals surface area contributed by atoms with Gasteiger partial charge in [-0.1, -0.05) is 0 Å². The summed E-state index contributed by atoms with van der Waals surface area (Å²) in [6.45, 7) is 2.50. The van der Waals surface area contributed by atoms with Gasteiger partial charge in [0.1, 0.15) is 17.4 Å². The van der Waals surface area contributed by atoms with Crippen LogP contribution in [-0.4, -0.2) is 17.6 Å². The quantitative estimate of drug-likeness (QED) is 0.429. The van der Waals surface area contributed by atoms with Crippen LogP contribution in [0, 0.1) is 11.3 Å². The summed E-state index contributed by atoms with van der Waals surface area (Å²) in [5.41, 5.74) is 5.52. The molecule has 0 spiro atoms. The van der Waals surface area contributed by atoms with E-state index in [1.165, 1.54) is 0 Å². The second-order valence-corrected chi connectivity index (χ2v) is 4.00. The van der Waals surface area contributed by atoms with E-state index in [0.29, 0.717) is 6.61 Å². The minimum Gasteiger partial charge on any atom is -0.494 e. The number of ether oxygens (including phenoxy) is 1. The third-order valence-corrected chi connectivity index (χ3v) is 2.38. The van der Waals surface area contributed by atoms with Crippen LogP contribution in [0.4, 0.5) is 5.69 Å². The lowest BCUT2D eigenvalue weighted by molar-refractivity contribution is -0.114. The van der Waals surface area contributed by atoms with Crippen LogP contribution >= 0.6 is 12.2 Å². The van der Waals surface area contributed by atoms with Crippen molar-refractivity contribution in [3.8, 4) is 11.8 Å². The molecule has 0 heterocycles. The van der Waals surface area contributed by atoms with E-state index in [-0.39, 0.29) is 10.7 Å². The molecule has 1 aromatic carbocycles. The molecular formula is C13H14N4O2S. The molecule has 1 amide bonds. The number of amides is 1. The number of carbonyl (C=O) groups excluding carboxylic acids is 1. The summed E-state index contributed by atoms with van der Waals surface area (Å²) >= 11 is 5.01.